The van der Waals surface area contributed by atoms with Crippen LogP contribution < -0.4 is 10.1 Å². The lowest BCUT2D eigenvalue weighted by atomic mass is 10.00. The number of nitrogens with one attached hydrogen (secondary N) is 1. The number of carbonyl (C=O) groups is 1. The van der Waals surface area contributed by atoms with E-state index in [0.717, 1.165) is 33.6 Å². The number of halogens is 2. The monoisotopic (exact) mass is 632 g/mol. The molecule has 1 fully saturated rings. The number of sulfonamides is 1. The lowest BCUT2D eigenvalue weighted by molar-refractivity contribution is 0.0769. The molecule has 3 aromatic rings. The van der Waals surface area contributed by atoms with Gasteiger partial charge in [-0.2, -0.15) is 4.31 Å². The van der Waals surface area contributed by atoms with Crippen LogP contribution in [0.2, 0.25) is 5.02 Å². The minimum atomic E-state index is -4.16. The Morgan fingerprint density at radius 3 is 2.53 bits per heavy atom. The molecule has 4 rings (SSSR count). The van der Waals surface area contributed by atoms with Crippen LogP contribution in [-0.2, 0) is 21.2 Å². The molecule has 43 heavy (non-hydrogen) atoms. The third-order valence-corrected chi connectivity index (χ3v) is 9.25. The van der Waals surface area contributed by atoms with Gasteiger partial charge in [0.15, 0.2) is 0 Å². The first-order valence-corrected chi connectivity index (χ1v) is 16.1. The summed E-state index contributed by atoms with van der Waals surface area (Å²) in [5.74, 6) is -0.871. The Morgan fingerprint density at radius 1 is 1.14 bits per heavy atom. The third-order valence-electron chi connectivity index (χ3n) is 7.13. The highest BCUT2D eigenvalue weighted by atomic mass is 35.5. The lowest BCUT2D eigenvalue weighted by Gasteiger charge is -2.31. The highest BCUT2D eigenvalue weighted by molar-refractivity contribution is 7.89. The average molecular weight is 633 g/mol. The molecule has 8 nitrogen and oxygen atoms in total. The van der Waals surface area contributed by atoms with Crippen LogP contribution in [0.4, 0.5) is 4.39 Å². The molecule has 1 aliphatic rings. The lowest BCUT2D eigenvalue weighted by Crippen LogP contribution is -2.51. The Balaban J connectivity index is 1.62. The molecular formula is C32H38ClFN2O6S. The van der Waals surface area contributed by atoms with Crippen molar-refractivity contribution < 1.29 is 32.2 Å². The Hall–Kier alpha value is -3.02. The highest BCUT2D eigenvalue weighted by Gasteiger charge is 2.32. The molecule has 1 saturated heterocycles. The number of ether oxygens (including phenoxy) is 2. The Morgan fingerprint density at radius 2 is 1.88 bits per heavy atom. The van der Waals surface area contributed by atoms with Crippen molar-refractivity contribution in [2.45, 2.75) is 56.8 Å². The van der Waals surface area contributed by atoms with Gasteiger partial charge in [-0.3, -0.25) is 4.79 Å². The summed E-state index contributed by atoms with van der Waals surface area (Å²) in [7, 11) is -4.16. The van der Waals surface area contributed by atoms with Crippen LogP contribution in [0, 0.1) is 18.7 Å². The first kappa shape index (κ1) is 32.9. The zero-order valence-electron chi connectivity index (χ0n) is 24.5. The van der Waals surface area contributed by atoms with Crippen LogP contribution in [0.5, 0.6) is 5.75 Å². The van der Waals surface area contributed by atoms with Crippen molar-refractivity contribution in [3.8, 4) is 5.75 Å². The van der Waals surface area contributed by atoms with E-state index >= 15 is 0 Å². The summed E-state index contributed by atoms with van der Waals surface area (Å²) in [6.07, 6.45) is -0.519. The molecule has 0 radical (unpaired) electrons. The third kappa shape index (κ3) is 8.77. The van der Waals surface area contributed by atoms with E-state index in [9.17, 15) is 22.7 Å². The molecule has 0 unspecified atom stereocenters. The second-order valence-electron chi connectivity index (χ2n) is 11.2. The molecule has 0 spiro atoms. The van der Waals surface area contributed by atoms with Crippen molar-refractivity contribution in [3.63, 3.8) is 0 Å². The van der Waals surface area contributed by atoms with E-state index < -0.39 is 33.9 Å². The van der Waals surface area contributed by atoms with Crippen molar-refractivity contribution in [1.82, 2.24) is 9.62 Å². The van der Waals surface area contributed by atoms with Gasteiger partial charge in [0, 0.05) is 19.5 Å². The molecule has 1 heterocycles. The van der Waals surface area contributed by atoms with Gasteiger partial charge >= 0.3 is 0 Å². The number of aliphatic hydroxyl groups excluding tert-OH is 1. The Labute approximate surface area is 257 Å². The SMILES string of the molecule is Cc1ccc(C(=O)N[C@@H](Cc2ccccc2)[C@H](O)CN(CC(C)C)S(=O)(=O)c2ccc(F)c(Cl)c2)c(O[C@H]2CCOC2)c1. The normalized spacial score (nSPS) is 16.8. The van der Waals surface area contributed by atoms with Crippen LogP contribution in [0.15, 0.2) is 71.6 Å². The van der Waals surface area contributed by atoms with Crippen molar-refractivity contribution in [2.24, 2.45) is 5.92 Å². The van der Waals surface area contributed by atoms with Gasteiger partial charge in [0.2, 0.25) is 10.0 Å². The highest BCUT2D eigenvalue weighted by Crippen LogP contribution is 2.26. The van der Waals surface area contributed by atoms with E-state index in [4.69, 9.17) is 21.1 Å². The van der Waals surface area contributed by atoms with E-state index in [1.165, 1.54) is 0 Å². The summed E-state index contributed by atoms with van der Waals surface area (Å²) < 4.78 is 53.8. The summed E-state index contributed by atoms with van der Waals surface area (Å²) in [6, 6.07) is 16.9. The van der Waals surface area contributed by atoms with Crippen LogP contribution in [0.3, 0.4) is 0 Å². The minimum absolute atomic E-state index is 0.0831. The molecule has 3 aromatic carbocycles. The maximum absolute atomic E-state index is 13.8. The molecule has 1 aliphatic heterocycles. The summed E-state index contributed by atoms with van der Waals surface area (Å²) >= 11 is 5.90. The number of aryl methyl sites for hydroxylation is 1. The fourth-order valence-corrected chi connectivity index (χ4v) is 6.79. The van der Waals surface area contributed by atoms with E-state index in [0.29, 0.717) is 30.9 Å². The van der Waals surface area contributed by atoms with Gasteiger partial charge < -0.3 is 19.9 Å². The predicted molar refractivity (Wildman–Crippen MR) is 163 cm³/mol. The summed E-state index contributed by atoms with van der Waals surface area (Å²) in [4.78, 5) is 13.5. The fourth-order valence-electron chi connectivity index (χ4n) is 4.90. The first-order chi connectivity index (χ1) is 20.4. The fraction of sp³-hybridized carbons (Fsp3) is 0.406. The van der Waals surface area contributed by atoms with Gasteiger partial charge in [0.05, 0.1) is 40.8 Å². The molecule has 1 amide bonds. The van der Waals surface area contributed by atoms with Gasteiger partial charge in [0.1, 0.15) is 17.7 Å². The van der Waals surface area contributed by atoms with Crippen molar-refractivity contribution in [1.29, 1.82) is 0 Å². The van der Waals surface area contributed by atoms with Crippen LogP contribution in [0.1, 0.15) is 41.8 Å². The smallest absolute Gasteiger partial charge is 0.255 e. The Kier molecular flexibility index (Phi) is 11.2. The van der Waals surface area contributed by atoms with Gasteiger partial charge in [0.25, 0.3) is 5.91 Å². The average Bonchev–Trinajstić information content (AvgIpc) is 3.47. The zero-order valence-corrected chi connectivity index (χ0v) is 26.1. The van der Waals surface area contributed by atoms with Crippen LogP contribution >= 0.6 is 11.6 Å². The standard InChI is InChI=1S/C32H38ClFN2O6S/c1-21(2)18-36(43(39,40)25-10-12-28(34)27(33)17-25)19-30(37)29(16-23-7-5-4-6-8-23)35-32(38)26-11-9-22(3)15-31(26)42-24-13-14-41-20-24/h4-12,15,17,21,24,29-30,37H,13-14,16,18-20H2,1-3H3,(H,35,38)/t24-,29-,30+/m0/s1. The second-order valence-corrected chi connectivity index (χ2v) is 13.6. The summed E-state index contributed by atoms with van der Waals surface area (Å²) in [6.45, 7) is 6.39. The van der Waals surface area contributed by atoms with Gasteiger partial charge in [-0.1, -0.05) is 61.8 Å². The van der Waals surface area contributed by atoms with Crippen molar-refractivity contribution in [2.75, 3.05) is 26.3 Å². The number of carbonyl (C=O) groups excluding carboxylic acids is 1. The van der Waals surface area contributed by atoms with Gasteiger partial charge in [-0.25, -0.2) is 12.8 Å². The van der Waals surface area contributed by atoms with E-state index in [1.807, 2.05) is 51.1 Å². The molecule has 232 valence electrons. The predicted octanol–water partition coefficient (Wildman–Crippen LogP) is 5.00. The number of nitrogens with zero attached hydrogens (tertiary/aromatic N) is 1. The topological polar surface area (TPSA) is 105 Å². The number of hydrogen-bond donors (Lipinski definition) is 2. The molecule has 0 bridgehead atoms. The Bertz CT molecular complexity index is 1500. The van der Waals surface area contributed by atoms with Gasteiger partial charge in [-0.05, 0) is 60.7 Å². The number of aliphatic hydroxyl groups is 1. The molecule has 3 atom stereocenters. The number of rotatable bonds is 13. The summed E-state index contributed by atoms with van der Waals surface area (Å²) in [5, 5.41) is 14.2. The first-order valence-electron chi connectivity index (χ1n) is 14.3. The second kappa shape index (κ2) is 14.6. The molecule has 0 saturated carbocycles. The molecular weight excluding hydrogens is 595 g/mol. The van der Waals surface area contributed by atoms with Crippen molar-refractivity contribution in [3.05, 3.63) is 94.3 Å². The molecule has 2 N–H and O–H groups in total. The number of hydrogen-bond acceptors (Lipinski definition) is 6. The van der Waals surface area contributed by atoms with Gasteiger partial charge in [-0.15, -0.1) is 0 Å². The van der Waals surface area contributed by atoms with E-state index in [-0.39, 0.29) is 41.5 Å². The molecule has 0 aliphatic carbocycles. The number of amides is 1. The van der Waals surface area contributed by atoms with E-state index in [2.05, 4.69) is 5.32 Å². The van der Waals surface area contributed by atoms with Crippen LogP contribution in [0.25, 0.3) is 0 Å². The quantitative estimate of drug-likeness (QED) is 0.275. The minimum Gasteiger partial charge on any atom is -0.487 e. The largest absolute Gasteiger partial charge is 0.487 e. The summed E-state index contributed by atoms with van der Waals surface area (Å²) in [5.41, 5.74) is 2.07. The molecule has 11 heteroatoms. The van der Waals surface area contributed by atoms with Crippen molar-refractivity contribution >= 4 is 27.5 Å². The van der Waals surface area contributed by atoms with E-state index in [1.54, 1.807) is 18.2 Å². The maximum Gasteiger partial charge on any atom is 0.255 e. The zero-order chi connectivity index (χ0) is 31.1. The maximum atomic E-state index is 13.8. The number of benzene rings is 3. The van der Waals surface area contributed by atoms with Crippen LogP contribution in [-0.4, -0.2) is 68.3 Å². The molecule has 0 aromatic heterocycles.